The Hall–Kier alpha value is -4.08. The number of ether oxygens (including phenoxy) is 8. The van der Waals surface area contributed by atoms with Gasteiger partial charge in [-0.3, -0.25) is 38.4 Å². The second-order valence-electron chi connectivity index (χ2n) is 25.4. The van der Waals surface area contributed by atoms with Crippen molar-refractivity contribution in [1.29, 1.82) is 0 Å². The molecule has 8 N–H and O–H groups in total. The van der Waals surface area contributed by atoms with Crippen LogP contribution in [0, 0.1) is 0 Å². The van der Waals surface area contributed by atoms with Gasteiger partial charge in [-0.25, -0.2) is 0 Å². The van der Waals surface area contributed by atoms with Gasteiger partial charge in [-0.05, 0) is 51.4 Å². The van der Waals surface area contributed by atoms with Crippen LogP contribution >= 0.6 is 0 Å². The van der Waals surface area contributed by atoms with Crippen LogP contribution in [0.4, 0.5) is 0 Å². The van der Waals surface area contributed by atoms with Gasteiger partial charge in [-0.15, -0.1) is 0 Å². The van der Waals surface area contributed by atoms with Crippen LogP contribution in [-0.4, -0.2) is 192 Å². The highest BCUT2D eigenvalue weighted by atomic mass is 16.8. The summed E-state index contributed by atoms with van der Waals surface area (Å²) in [5.74, 6) is -13.0. The number of hydrogen-bond acceptors (Lipinski definition) is 24. The molecule has 0 amide bonds. The first kappa shape index (κ1) is 85.0. The lowest BCUT2D eigenvalue weighted by atomic mass is 9.62. The molecule has 2 fully saturated rings. The van der Waals surface area contributed by atoms with Crippen LogP contribution in [0.5, 0.6) is 0 Å². The molecule has 0 aliphatic carbocycles. The van der Waals surface area contributed by atoms with Crippen molar-refractivity contribution >= 4 is 47.2 Å². The Morgan fingerprint density at radius 2 is 0.785 bits per heavy atom. The normalized spacial score (nSPS) is 25.4. The Balaban J connectivity index is 3.63. The van der Waals surface area contributed by atoms with Gasteiger partial charge in [0.15, 0.2) is 47.4 Å². The highest BCUT2D eigenvalue weighted by molar-refractivity contribution is 6.02. The quantitative estimate of drug-likeness (QED) is 0.0162. The third-order valence-corrected chi connectivity index (χ3v) is 17.5. The zero-order valence-electron chi connectivity index (χ0n) is 57.4. The van der Waals surface area contributed by atoms with Crippen molar-refractivity contribution in [2.24, 2.45) is 0 Å². The minimum Gasteiger partial charge on any atom is -0.463 e. The summed E-state index contributed by atoms with van der Waals surface area (Å²) in [6.45, 7) is 12.9. The highest BCUT2D eigenvalue weighted by Gasteiger charge is 2.81. The zero-order valence-corrected chi connectivity index (χ0v) is 57.4. The number of rotatable bonds is 53. The fourth-order valence-electron chi connectivity index (χ4n) is 11.8. The molecule has 24 nitrogen and oxygen atoms in total. The van der Waals surface area contributed by atoms with Crippen LogP contribution in [0.25, 0.3) is 0 Å². The second kappa shape index (κ2) is 46.2. The maximum atomic E-state index is 15.8. The van der Waals surface area contributed by atoms with Gasteiger partial charge in [0, 0.05) is 51.4 Å². The summed E-state index contributed by atoms with van der Waals surface area (Å²) in [5.41, 5.74) is -7.94. The van der Waals surface area contributed by atoms with Crippen molar-refractivity contribution in [2.75, 3.05) is 13.2 Å². The molecular weight excluding hydrogens is 1210 g/mol. The number of ketones is 3. The van der Waals surface area contributed by atoms with Crippen molar-refractivity contribution < 1.29 is 117 Å². The number of Topliss-reactive ketones (excluding diaryl/α,β-unsaturated/α-hetero) is 3. The molecular formula is C69H120O24. The average Bonchev–Trinajstić information content (AvgIpc) is 0.685. The molecule has 0 aromatic carbocycles. The van der Waals surface area contributed by atoms with Crippen molar-refractivity contribution in [3.8, 4) is 0 Å². The summed E-state index contributed by atoms with van der Waals surface area (Å²) in [6, 6.07) is 0. The van der Waals surface area contributed by atoms with E-state index in [1.54, 1.807) is 13.8 Å². The number of carbonyl (C=O) groups excluding carboxylic acids is 8. The Labute approximate surface area is 552 Å². The number of aliphatic hydroxyl groups is 8. The van der Waals surface area contributed by atoms with Crippen molar-refractivity contribution in [3.05, 3.63) is 0 Å². The molecule has 0 aromatic rings. The summed E-state index contributed by atoms with van der Waals surface area (Å²) < 4.78 is 50.9. The molecule has 0 bridgehead atoms. The lowest BCUT2D eigenvalue weighted by molar-refractivity contribution is -0.463. The number of esters is 5. The van der Waals surface area contributed by atoms with Crippen LogP contribution in [0.2, 0.25) is 0 Å². The Morgan fingerprint density at radius 3 is 1.24 bits per heavy atom. The number of carbonyl (C=O) groups is 8. The van der Waals surface area contributed by atoms with Gasteiger partial charge in [-0.2, -0.15) is 0 Å². The maximum Gasteiger partial charge on any atom is 0.306 e. The fraction of sp³-hybridized carbons (Fsp3) is 0.884. The summed E-state index contributed by atoms with van der Waals surface area (Å²) >= 11 is 0. The molecule has 0 saturated carbocycles. The molecule has 24 heteroatoms. The molecule has 0 aromatic heterocycles. The molecule has 2 heterocycles. The van der Waals surface area contributed by atoms with Gasteiger partial charge < -0.3 is 78.7 Å². The molecule has 0 radical (unpaired) electrons. The minimum absolute atomic E-state index is 0.0313. The van der Waals surface area contributed by atoms with Crippen molar-refractivity contribution in [2.45, 2.75) is 377 Å². The second-order valence-corrected chi connectivity index (χ2v) is 25.4. The van der Waals surface area contributed by atoms with E-state index < -0.39 is 177 Å². The van der Waals surface area contributed by atoms with E-state index in [1.807, 2.05) is 41.5 Å². The molecule has 93 heavy (non-hydrogen) atoms. The van der Waals surface area contributed by atoms with Gasteiger partial charge in [-0.1, -0.05) is 184 Å². The van der Waals surface area contributed by atoms with E-state index in [4.69, 9.17) is 37.9 Å². The monoisotopic (exact) mass is 1330 g/mol. The predicted molar refractivity (Wildman–Crippen MR) is 341 cm³/mol. The van der Waals surface area contributed by atoms with E-state index in [2.05, 4.69) is 0 Å². The van der Waals surface area contributed by atoms with E-state index >= 15 is 9.59 Å². The molecule has 2 rings (SSSR count). The number of hydrogen-bond donors (Lipinski definition) is 8. The summed E-state index contributed by atoms with van der Waals surface area (Å²) in [4.78, 5) is 117. The van der Waals surface area contributed by atoms with Crippen LogP contribution < -0.4 is 0 Å². The topological polar surface area (TPSA) is 372 Å². The van der Waals surface area contributed by atoms with Gasteiger partial charge >= 0.3 is 29.8 Å². The van der Waals surface area contributed by atoms with E-state index in [1.165, 1.54) is 0 Å². The first-order valence-electron chi connectivity index (χ1n) is 35.5. The minimum atomic E-state index is -4.06. The lowest BCUT2D eigenvalue weighted by Gasteiger charge is -2.61. The third kappa shape index (κ3) is 26.0. The summed E-state index contributed by atoms with van der Waals surface area (Å²) in [6.07, 6.45) is -21.4. The molecule has 2 aliphatic heterocycles. The molecule has 540 valence electrons. The van der Waals surface area contributed by atoms with E-state index in [0.717, 1.165) is 32.1 Å². The Kier molecular flexibility index (Phi) is 42.2. The Bertz CT molecular complexity index is 2180. The molecule has 2 unspecified atom stereocenters. The average molecular weight is 1330 g/mol. The first-order valence-corrected chi connectivity index (χ1v) is 35.5. The smallest absolute Gasteiger partial charge is 0.306 e. The van der Waals surface area contributed by atoms with E-state index in [0.29, 0.717) is 103 Å². The van der Waals surface area contributed by atoms with Gasteiger partial charge in [0.1, 0.15) is 49.3 Å². The van der Waals surface area contributed by atoms with Gasteiger partial charge in [0.25, 0.3) is 0 Å². The van der Waals surface area contributed by atoms with Crippen LogP contribution in [-0.2, 0) is 76.3 Å². The largest absolute Gasteiger partial charge is 0.463 e. The van der Waals surface area contributed by atoms with Crippen molar-refractivity contribution in [1.82, 2.24) is 0 Å². The summed E-state index contributed by atoms with van der Waals surface area (Å²) in [7, 11) is 0. The molecule has 2 aliphatic rings. The molecule has 2 saturated heterocycles. The maximum absolute atomic E-state index is 15.8. The predicted octanol–water partition coefficient (Wildman–Crippen LogP) is 8.18. The van der Waals surface area contributed by atoms with Crippen LogP contribution in [0.15, 0.2) is 0 Å². The van der Waals surface area contributed by atoms with E-state index in [9.17, 15) is 69.6 Å². The van der Waals surface area contributed by atoms with Crippen LogP contribution in [0.3, 0.4) is 0 Å². The van der Waals surface area contributed by atoms with E-state index in [-0.39, 0.29) is 70.6 Å². The zero-order chi connectivity index (χ0) is 69.6. The van der Waals surface area contributed by atoms with Gasteiger partial charge in [0.2, 0.25) is 17.7 Å². The number of aliphatic hydroxyl groups excluding tert-OH is 6. The van der Waals surface area contributed by atoms with Crippen LogP contribution in [0.1, 0.15) is 287 Å². The molecule has 0 spiro atoms. The lowest BCUT2D eigenvalue weighted by Crippen LogP contribution is -2.87. The first-order chi connectivity index (χ1) is 44.4. The highest BCUT2D eigenvalue weighted by Crippen LogP contribution is 2.52. The summed E-state index contributed by atoms with van der Waals surface area (Å²) in [5, 5.41) is 99.2. The number of unbranched alkanes of at least 4 members (excludes halogenated alkanes) is 20. The SMILES string of the molecule is CCCCCCCC(=O)O[C@@H]1[C@H](O[C@]2(C(O)[C@@H](O)[C@@H](O)[C@H](O)CO)O[C@H](C(O)C(=O)CCCCC)[C@](O)(C(=O)CCCCC)[C@@](O)(C(=O)CCCCC)[C@@H]2OC(=O)CCCCCCC)O[C@H](COC(=O)CCCCC)[C@@H](OC(=O)CCCCC)[C@@H]1OC(=O)CCCCC. The third-order valence-electron chi connectivity index (χ3n) is 17.5. The fourth-order valence-corrected chi connectivity index (χ4v) is 11.8. The Morgan fingerprint density at radius 1 is 0.419 bits per heavy atom. The van der Waals surface area contributed by atoms with Gasteiger partial charge in [0.05, 0.1) is 6.61 Å². The standard InChI is InChI=1S/C69H120O24/c1-9-17-25-27-35-43-55(78)90-62-61(89-54(77)42-34-24-16-8)60(88-53(76)41-33-23-15-7)49(46-86-52(75)40-32-22-14-6)87-65(62)93-69(63(83)59(82)57(80)48(72)45-70)66(91-56(79)44-36-28-26-18-10-2)68(85,51(74)39-31-21-13-5)67(84,50(73)38-30-20-12-4)64(92-69)58(81)47(71)37-29-19-11-3/h48-49,57-66,70,72,80-85H,9-46H2,1-8H3/t48-,49-,57+,58?,59+,60-,61+,62+,63?,64-,65+,66+,67-,68-,69+/m1/s1. The van der Waals surface area contributed by atoms with Crippen molar-refractivity contribution in [3.63, 3.8) is 0 Å². The molecule has 15 atom stereocenters.